The molecular formula is C13H20ClN. The molecule has 1 N–H and O–H groups in total. The molecule has 0 heterocycles. The topological polar surface area (TPSA) is 12.0 Å². The van der Waals surface area contributed by atoms with Gasteiger partial charge in [0.15, 0.2) is 0 Å². The molecular weight excluding hydrogens is 206 g/mol. The molecule has 1 nitrogen and oxygen atoms in total. The summed E-state index contributed by atoms with van der Waals surface area (Å²) in [5.74, 6) is 0.633. The lowest BCUT2D eigenvalue weighted by molar-refractivity contribution is 0.511. The highest BCUT2D eigenvalue weighted by molar-refractivity contribution is 6.30. The molecule has 1 aromatic rings. The molecule has 1 aromatic carbocycles. The fourth-order valence-electron chi connectivity index (χ4n) is 1.69. The Balaban J connectivity index is 2.82. The first-order chi connectivity index (χ1) is 7.04. The first-order valence-corrected chi connectivity index (χ1v) is 5.95. The molecule has 0 aromatic heterocycles. The van der Waals surface area contributed by atoms with Crippen molar-refractivity contribution in [1.29, 1.82) is 0 Å². The number of aryl methyl sites for hydroxylation is 1. The third-order valence-electron chi connectivity index (χ3n) is 2.79. The number of nitrogens with one attached hydrogen (secondary N) is 1. The molecule has 1 rings (SSSR count). The predicted molar refractivity (Wildman–Crippen MR) is 68.7 cm³/mol. The normalized spacial score (nSPS) is 12.9. The van der Waals surface area contributed by atoms with Gasteiger partial charge in [0, 0.05) is 16.8 Å². The van der Waals surface area contributed by atoms with Crippen LogP contribution in [0.15, 0.2) is 18.2 Å². The van der Waals surface area contributed by atoms with Gasteiger partial charge in [0.1, 0.15) is 0 Å². The molecule has 84 valence electrons. The molecule has 0 aliphatic heterocycles. The van der Waals surface area contributed by atoms with Gasteiger partial charge in [-0.25, -0.2) is 0 Å². The molecule has 15 heavy (non-hydrogen) atoms. The monoisotopic (exact) mass is 225 g/mol. The minimum Gasteiger partial charge on any atom is -0.382 e. The molecule has 0 saturated heterocycles. The Bertz CT molecular complexity index is 320. The molecule has 0 aliphatic carbocycles. The van der Waals surface area contributed by atoms with Crippen molar-refractivity contribution >= 4 is 17.3 Å². The van der Waals surface area contributed by atoms with E-state index >= 15 is 0 Å². The Labute approximate surface area is 97.8 Å². The summed E-state index contributed by atoms with van der Waals surface area (Å²) in [5.41, 5.74) is 2.40. The molecule has 0 aliphatic rings. The van der Waals surface area contributed by atoms with Gasteiger partial charge in [-0.2, -0.15) is 0 Å². The second kappa shape index (κ2) is 5.41. The predicted octanol–water partition coefficient (Wildman–Crippen LogP) is 4.49. The minimum absolute atomic E-state index is 0.516. The summed E-state index contributed by atoms with van der Waals surface area (Å²) in [5, 5.41) is 4.35. The van der Waals surface area contributed by atoms with Crippen molar-refractivity contribution in [3.05, 3.63) is 28.8 Å². The fourth-order valence-corrected chi connectivity index (χ4v) is 1.86. The van der Waals surface area contributed by atoms with E-state index in [9.17, 15) is 0 Å². The van der Waals surface area contributed by atoms with Crippen molar-refractivity contribution in [3.63, 3.8) is 0 Å². The van der Waals surface area contributed by atoms with Gasteiger partial charge in [0.05, 0.1) is 0 Å². The molecule has 0 radical (unpaired) electrons. The Morgan fingerprint density at radius 3 is 2.53 bits per heavy atom. The average Bonchev–Trinajstić information content (AvgIpc) is 2.18. The van der Waals surface area contributed by atoms with Crippen LogP contribution in [0.3, 0.4) is 0 Å². The van der Waals surface area contributed by atoms with Crippen LogP contribution in [0.5, 0.6) is 0 Å². The zero-order chi connectivity index (χ0) is 11.4. The third kappa shape index (κ3) is 3.42. The van der Waals surface area contributed by atoms with Gasteiger partial charge < -0.3 is 5.32 Å². The van der Waals surface area contributed by atoms with Crippen LogP contribution in [0.2, 0.25) is 5.02 Å². The maximum absolute atomic E-state index is 5.98. The lowest BCUT2D eigenvalue weighted by Gasteiger charge is -2.23. The van der Waals surface area contributed by atoms with Crippen LogP contribution in [-0.2, 0) is 0 Å². The van der Waals surface area contributed by atoms with Gasteiger partial charge in [-0.05, 0) is 37.0 Å². The highest BCUT2D eigenvalue weighted by Gasteiger charge is 2.11. The highest BCUT2D eigenvalue weighted by atomic mass is 35.5. The van der Waals surface area contributed by atoms with Crippen molar-refractivity contribution in [2.75, 3.05) is 5.32 Å². The zero-order valence-electron chi connectivity index (χ0n) is 9.97. The summed E-state index contributed by atoms with van der Waals surface area (Å²) in [6, 6.07) is 6.50. The summed E-state index contributed by atoms with van der Waals surface area (Å²) in [6.45, 7) is 8.78. The number of hydrogen-bond acceptors (Lipinski definition) is 1. The quantitative estimate of drug-likeness (QED) is 0.796. The van der Waals surface area contributed by atoms with Crippen molar-refractivity contribution in [2.45, 2.75) is 40.2 Å². The van der Waals surface area contributed by atoms with Gasteiger partial charge in [-0.3, -0.25) is 0 Å². The van der Waals surface area contributed by atoms with Gasteiger partial charge >= 0.3 is 0 Å². The third-order valence-corrected chi connectivity index (χ3v) is 3.02. The van der Waals surface area contributed by atoms with Crippen molar-refractivity contribution < 1.29 is 0 Å². The van der Waals surface area contributed by atoms with Crippen molar-refractivity contribution in [3.8, 4) is 0 Å². The van der Waals surface area contributed by atoms with E-state index in [1.165, 1.54) is 5.56 Å². The number of anilines is 1. The Hall–Kier alpha value is -0.690. The van der Waals surface area contributed by atoms with Crippen LogP contribution in [0, 0.1) is 12.8 Å². The first kappa shape index (κ1) is 12.4. The first-order valence-electron chi connectivity index (χ1n) is 5.57. The Morgan fingerprint density at radius 2 is 2.00 bits per heavy atom. The molecule has 0 spiro atoms. The van der Waals surface area contributed by atoms with Gasteiger partial charge in [0.2, 0.25) is 0 Å². The van der Waals surface area contributed by atoms with E-state index in [0.717, 1.165) is 17.1 Å². The van der Waals surface area contributed by atoms with E-state index in [1.807, 2.05) is 12.1 Å². The lowest BCUT2D eigenvalue weighted by atomic mass is 10.0. The van der Waals surface area contributed by atoms with E-state index in [1.54, 1.807) is 0 Å². The van der Waals surface area contributed by atoms with Crippen molar-refractivity contribution in [2.24, 2.45) is 5.92 Å². The number of hydrogen-bond donors (Lipinski definition) is 1. The highest BCUT2D eigenvalue weighted by Crippen LogP contribution is 2.23. The smallest absolute Gasteiger partial charge is 0.0426 e. The fraction of sp³-hybridized carbons (Fsp3) is 0.538. The van der Waals surface area contributed by atoms with Gasteiger partial charge in [0.25, 0.3) is 0 Å². The summed E-state index contributed by atoms with van der Waals surface area (Å²) in [6.07, 6.45) is 1.13. The standard InChI is InChI=1S/C13H20ClN/c1-5-12(9(2)3)15-13-8-11(14)7-6-10(13)4/h6-9,12,15H,5H2,1-4H3. The van der Waals surface area contributed by atoms with Crippen LogP contribution >= 0.6 is 11.6 Å². The SMILES string of the molecule is CCC(Nc1cc(Cl)ccc1C)C(C)C. The summed E-state index contributed by atoms with van der Waals surface area (Å²) in [4.78, 5) is 0. The molecule has 0 fully saturated rings. The van der Waals surface area contributed by atoms with E-state index in [4.69, 9.17) is 11.6 Å². The van der Waals surface area contributed by atoms with E-state index in [-0.39, 0.29) is 0 Å². The molecule has 0 amide bonds. The summed E-state index contributed by atoms with van der Waals surface area (Å²) < 4.78 is 0. The van der Waals surface area contributed by atoms with Gasteiger partial charge in [-0.1, -0.05) is 38.4 Å². The van der Waals surface area contributed by atoms with E-state index in [2.05, 4.69) is 39.1 Å². The van der Waals surface area contributed by atoms with E-state index in [0.29, 0.717) is 12.0 Å². The number of halogens is 1. The number of benzene rings is 1. The summed E-state index contributed by atoms with van der Waals surface area (Å²) >= 11 is 5.98. The second-order valence-electron chi connectivity index (χ2n) is 4.36. The zero-order valence-corrected chi connectivity index (χ0v) is 10.7. The molecule has 2 heteroatoms. The molecule has 1 atom stereocenters. The lowest BCUT2D eigenvalue weighted by Crippen LogP contribution is -2.24. The maximum Gasteiger partial charge on any atom is 0.0426 e. The van der Waals surface area contributed by atoms with Crippen molar-refractivity contribution in [1.82, 2.24) is 0 Å². The van der Waals surface area contributed by atoms with Crippen LogP contribution in [0.4, 0.5) is 5.69 Å². The molecule has 1 unspecified atom stereocenters. The van der Waals surface area contributed by atoms with Crippen LogP contribution < -0.4 is 5.32 Å². The maximum atomic E-state index is 5.98. The second-order valence-corrected chi connectivity index (χ2v) is 4.80. The molecule has 0 bridgehead atoms. The summed E-state index contributed by atoms with van der Waals surface area (Å²) in [7, 11) is 0. The number of rotatable bonds is 4. The Morgan fingerprint density at radius 1 is 1.33 bits per heavy atom. The minimum atomic E-state index is 0.516. The van der Waals surface area contributed by atoms with E-state index < -0.39 is 0 Å². The Kier molecular flexibility index (Phi) is 4.46. The van der Waals surface area contributed by atoms with Crippen LogP contribution in [-0.4, -0.2) is 6.04 Å². The van der Waals surface area contributed by atoms with Gasteiger partial charge in [-0.15, -0.1) is 0 Å². The largest absolute Gasteiger partial charge is 0.382 e. The molecule has 0 saturated carbocycles. The van der Waals surface area contributed by atoms with Crippen LogP contribution in [0.1, 0.15) is 32.8 Å². The average molecular weight is 226 g/mol. The van der Waals surface area contributed by atoms with Crippen LogP contribution in [0.25, 0.3) is 0 Å².